The molecule has 4 heteroatoms. The van der Waals surface area contributed by atoms with Gasteiger partial charge in [0, 0.05) is 12.5 Å². The molecule has 1 aromatic carbocycles. The summed E-state index contributed by atoms with van der Waals surface area (Å²) in [6, 6.07) is 9.81. The number of benzene rings is 1. The second-order valence-corrected chi connectivity index (χ2v) is 3.89. The van der Waals surface area contributed by atoms with Crippen molar-refractivity contribution >= 4 is 11.5 Å². The average molecular weight is 219 g/mol. The fourth-order valence-electron chi connectivity index (χ4n) is 1.84. The van der Waals surface area contributed by atoms with Crippen LogP contribution in [-0.2, 0) is 4.74 Å². The minimum absolute atomic E-state index is 0.291. The number of hydrogen-bond donors (Lipinski definition) is 2. The van der Waals surface area contributed by atoms with Crippen molar-refractivity contribution < 1.29 is 4.74 Å². The Bertz CT molecular complexity index is 345. The predicted molar refractivity (Wildman–Crippen MR) is 64.4 cm³/mol. The van der Waals surface area contributed by atoms with E-state index in [0.717, 1.165) is 31.0 Å². The molecule has 1 unspecified atom stereocenters. The zero-order chi connectivity index (χ0) is 11.2. The Morgan fingerprint density at radius 3 is 2.81 bits per heavy atom. The molecule has 1 aliphatic rings. The van der Waals surface area contributed by atoms with Crippen molar-refractivity contribution in [2.45, 2.75) is 12.8 Å². The molecule has 0 aliphatic carbocycles. The Kier molecular flexibility index (Phi) is 3.91. The molecule has 4 nitrogen and oxygen atoms in total. The van der Waals surface area contributed by atoms with Crippen molar-refractivity contribution in [3.8, 4) is 0 Å². The Morgan fingerprint density at radius 1 is 1.38 bits per heavy atom. The van der Waals surface area contributed by atoms with Gasteiger partial charge in [0.1, 0.15) is 5.84 Å². The lowest BCUT2D eigenvalue weighted by Gasteiger charge is -2.23. The van der Waals surface area contributed by atoms with Gasteiger partial charge >= 0.3 is 0 Å². The van der Waals surface area contributed by atoms with Gasteiger partial charge in [-0.25, -0.2) is 10.8 Å². The molecular weight excluding hydrogens is 202 g/mol. The van der Waals surface area contributed by atoms with Crippen LogP contribution in [0.15, 0.2) is 35.3 Å². The fourth-order valence-corrected chi connectivity index (χ4v) is 1.84. The molecule has 0 spiro atoms. The third-order valence-electron chi connectivity index (χ3n) is 2.70. The molecule has 2 rings (SSSR count). The molecule has 1 heterocycles. The summed E-state index contributed by atoms with van der Waals surface area (Å²) in [6.07, 6.45) is 2.15. The molecule has 0 bridgehead atoms. The van der Waals surface area contributed by atoms with Crippen molar-refractivity contribution in [2.24, 2.45) is 16.8 Å². The monoisotopic (exact) mass is 219 g/mol. The molecule has 1 aromatic rings. The molecule has 1 atom stereocenters. The third kappa shape index (κ3) is 2.81. The maximum atomic E-state index is 5.52. The molecule has 3 N–H and O–H groups in total. The maximum absolute atomic E-state index is 5.52. The topological polar surface area (TPSA) is 59.6 Å². The molecule has 0 aromatic heterocycles. The number of hydrazine groups is 1. The Hall–Kier alpha value is -1.39. The number of ether oxygens (including phenoxy) is 1. The van der Waals surface area contributed by atoms with Crippen molar-refractivity contribution in [1.29, 1.82) is 0 Å². The second-order valence-electron chi connectivity index (χ2n) is 3.89. The van der Waals surface area contributed by atoms with E-state index < -0.39 is 0 Å². The summed E-state index contributed by atoms with van der Waals surface area (Å²) in [6.45, 7) is 1.55. The van der Waals surface area contributed by atoms with E-state index in [1.54, 1.807) is 0 Å². The quantitative estimate of drug-likeness (QED) is 0.344. The highest BCUT2D eigenvalue weighted by atomic mass is 16.5. The van der Waals surface area contributed by atoms with Crippen LogP contribution in [0.1, 0.15) is 12.8 Å². The number of amidine groups is 1. The number of nitrogens with two attached hydrogens (primary N) is 1. The second kappa shape index (κ2) is 5.63. The Labute approximate surface area is 95.5 Å². The molecule has 1 aliphatic heterocycles. The third-order valence-corrected chi connectivity index (χ3v) is 2.70. The van der Waals surface area contributed by atoms with Crippen molar-refractivity contribution in [2.75, 3.05) is 13.2 Å². The smallest absolute Gasteiger partial charge is 0.122 e. The van der Waals surface area contributed by atoms with Crippen LogP contribution < -0.4 is 11.3 Å². The highest BCUT2D eigenvalue weighted by molar-refractivity contribution is 5.86. The van der Waals surface area contributed by atoms with E-state index in [9.17, 15) is 0 Å². The highest BCUT2D eigenvalue weighted by Crippen LogP contribution is 2.17. The summed E-state index contributed by atoms with van der Waals surface area (Å²) in [5.41, 5.74) is 3.61. The van der Waals surface area contributed by atoms with E-state index in [4.69, 9.17) is 10.6 Å². The van der Waals surface area contributed by atoms with Crippen LogP contribution in [0.2, 0.25) is 0 Å². The van der Waals surface area contributed by atoms with Gasteiger partial charge < -0.3 is 10.2 Å². The molecule has 0 radical (unpaired) electrons. The number of aliphatic imine (C=N–C) groups is 1. The van der Waals surface area contributed by atoms with Gasteiger partial charge in [0.25, 0.3) is 0 Å². The molecule has 0 amide bonds. The van der Waals surface area contributed by atoms with Crippen molar-refractivity contribution in [3.05, 3.63) is 30.3 Å². The summed E-state index contributed by atoms with van der Waals surface area (Å²) >= 11 is 0. The fraction of sp³-hybridized carbons (Fsp3) is 0.417. The molecule has 86 valence electrons. The Morgan fingerprint density at radius 2 is 2.19 bits per heavy atom. The van der Waals surface area contributed by atoms with Gasteiger partial charge in [-0.3, -0.25) is 0 Å². The lowest BCUT2D eigenvalue weighted by molar-refractivity contribution is 0.0759. The minimum Gasteiger partial charge on any atom is -0.381 e. The summed E-state index contributed by atoms with van der Waals surface area (Å²) in [5.74, 6) is 6.62. The molecule has 0 saturated carbocycles. The zero-order valence-corrected chi connectivity index (χ0v) is 9.23. The van der Waals surface area contributed by atoms with Crippen LogP contribution in [0.25, 0.3) is 0 Å². The van der Waals surface area contributed by atoms with Crippen LogP contribution in [0.5, 0.6) is 0 Å². The van der Waals surface area contributed by atoms with Crippen molar-refractivity contribution in [1.82, 2.24) is 5.43 Å². The molecule has 16 heavy (non-hydrogen) atoms. The van der Waals surface area contributed by atoms with Crippen LogP contribution in [0, 0.1) is 5.92 Å². The summed E-state index contributed by atoms with van der Waals surface area (Å²) in [5, 5.41) is 0. The summed E-state index contributed by atoms with van der Waals surface area (Å²) < 4.78 is 5.43. The number of nitrogens with one attached hydrogen (secondary N) is 1. The van der Waals surface area contributed by atoms with E-state index in [1.807, 2.05) is 30.3 Å². The SMILES string of the molecule is NNC(=Nc1ccccc1)C1CCCOC1. The molecule has 1 fully saturated rings. The van der Waals surface area contributed by atoms with E-state index in [1.165, 1.54) is 0 Å². The first kappa shape index (κ1) is 11.1. The van der Waals surface area contributed by atoms with Gasteiger partial charge in [-0.05, 0) is 25.0 Å². The van der Waals surface area contributed by atoms with Crippen LogP contribution in [0.3, 0.4) is 0 Å². The van der Waals surface area contributed by atoms with Gasteiger partial charge in [-0.15, -0.1) is 0 Å². The van der Waals surface area contributed by atoms with Crippen LogP contribution >= 0.6 is 0 Å². The van der Waals surface area contributed by atoms with E-state index in [-0.39, 0.29) is 0 Å². The first-order chi connectivity index (χ1) is 7.90. The normalized spacial score (nSPS) is 21.8. The summed E-state index contributed by atoms with van der Waals surface area (Å²) in [4.78, 5) is 4.50. The predicted octanol–water partition coefficient (Wildman–Crippen LogP) is 1.61. The lowest BCUT2D eigenvalue weighted by Crippen LogP contribution is -2.39. The number of para-hydroxylation sites is 1. The van der Waals surface area contributed by atoms with E-state index in [0.29, 0.717) is 12.5 Å². The standard InChI is InChI=1S/C12H17N3O/c13-15-12(10-5-4-8-16-9-10)14-11-6-2-1-3-7-11/h1-3,6-7,10H,4-5,8-9,13H2,(H,14,15). The summed E-state index contributed by atoms with van der Waals surface area (Å²) in [7, 11) is 0. The van der Waals surface area contributed by atoms with Crippen LogP contribution in [-0.4, -0.2) is 19.0 Å². The number of rotatable bonds is 2. The average Bonchev–Trinajstić information content (AvgIpc) is 2.38. The first-order valence-corrected chi connectivity index (χ1v) is 5.58. The largest absolute Gasteiger partial charge is 0.381 e. The van der Waals surface area contributed by atoms with Gasteiger partial charge in [0.05, 0.1) is 12.3 Å². The van der Waals surface area contributed by atoms with Gasteiger partial charge in [-0.1, -0.05) is 18.2 Å². The van der Waals surface area contributed by atoms with Crippen molar-refractivity contribution in [3.63, 3.8) is 0 Å². The van der Waals surface area contributed by atoms with Gasteiger partial charge in [-0.2, -0.15) is 0 Å². The zero-order valence-electron chi connectivity index (χ0n) is 9.23. The minimum atomic E-state index is 0.291. The highest BCUT2D eigenvalue weighted by Gasteiger charge is 2.19. The van der Waals surface area contributed by atoms with Gasteiger partial charge in [0.2, 0.25) is 0 Å². The maximum Gasteiger partial charge on any atom is 0.122 e. The number of hydrogen-bond acceptors (Lipinski definition) is 3. The van der Waals surface area contributed by atoms with Gasteiger partial charge in [0.15, 0.2) is 0 Å². The first-order valence-electron chi connectivity index (χ1n) is 5.58. The Balaban J connectivity index is 2.12. The van der Waals surface area contributed by atoms with E-state index >= 15 is 0 Å². The van der Waals surface area contributed by atoms with E-state index in [2.05, 4.69) is 10.4 Å². The number of nitrogens with zero attached hydrogens (tertiary/aromatic N) is 1. The lowest BCUT2D eigenvalue weighted by atomic mass is 10.0. The van der Waals surface area contributed by atoms with Crippen LogP contribution in [0.4, 0.5) is 5.69 Å². The molecule has 1 saturated heterocycles. The molecular formula is C12H17N3O.